The van der Waals surface area contributed by atoms with E-state index in [9.17, 15) is 10.5 Å². The summed E-state index contributed by atoms with van der Waals surface area (Å²) in [4.78, 5) is 3.66. The smallest absolute Gasteiger partial charge is 0.137 e. The molecule has 112 valence electrons. The molecule has 0 saturated heterocycles. The fourth-order valence-corrected chi connectivity index (χ4v) is 2.06. The van der Waals surface area contributed by atoms with Crippen molar-refractivity contribution in [3.63, 3.8) is 0 Å². The predicted molar refractivity (Wildman–Crippen MR) is 82.8 cm³/mol. The van der Waals surface area contributed by atoms with Gasteiger partial charge in [0.05, 0.1) is 29.5 Å². The van der Waals surface area contributed by atoms with Gasteiger partial charge in [0.1, 0.15) is 15.3 Å². The first-order valence-corrected chi connectivity index (χ1v) is 6.94. The summed E-state index contributed by atoms with van der Waals surface area (Å²) in [5.41, 5.74) is 1.01. The van der Waals surface area contributed by atoms with Gasteiger partial charge in [-0.2, -0.15) is 15.6 Å². The van der Waals surface area contributed by atoms with Crippen molar-refractivity contribution in [3.05, 3.63) is 47.5 Å². The molecule has 0 aliphatic rings. The summed E-state index contributed by atoms with van der Waals surface area (Å²) in [5, 5.41) is 22.7. The minimum atomic E-state index is -0.705. The van der Waals surface area contributed by atoms with Gasteiger partial charge in [0.15, 0.2) is 0 Å². The first kappa shape index (κ1) is 13.0. The van der Waals surface area contributed by atoms with Crippen LogP contribution in [0.25, 0.3) is 0 Å². The van der Waals surface area contributed by atoms with Crippen LogP contribution in [0.4, 0.5) is 0 Å². The molecule has 5 nitrogen and oxygen atoms in total. The zero-order valence-corrected chi connectivity index (χ0v) is 13.2. The predicted octanol–water partition coefficient (Wildman–Crippen LogP) is 2.93. The van der Waals surface area contributed by atoms with Gasteiger partial charge >= 0.3 is 0 Å². The van der Waals surface area contributed by atoms with Gasteiger partial charge < -0.3 is 0 Å². The molecule has 1 aromatic heterocycles. The maximum absolute atomic E-state index is 9.43. The Morgan fingerprint density at radius 3 is 2.05 bits per heavy atom. The Labute approximate surface area is 133 Å². The maximum Gasteiger partial charge on any atom is 0.137 e. The topological polar surface area (TPSA) is 78.3 Å². The van der Waals surface area contributed by atoms with Crippen molar-refractivity contribution in [1.82, 2.24) is 14.8 Å². The van der Waals surface area contributed by atoms with Gasteiger partial charge in [-0.1, -0.05) is 18.2 Å². The third-order valence-electron chi connectivity index (χ3n) is 3.71. The number of benzene rings is 1. The summed E-state index contributed by atoms with van der Waals surface area (Å²) in [5.74, 6) is 0. The SMILES string of the molecule is [2H]c1nc([2H])n(Cc2cc(C(C)(C)C#N)cc(C(C)(C)C#N)c2)n1. The van der Waals surface area contributed by atoms with E-state index < -0.39 is 10.8 Å². The summed E-state index contributed by atoms with van der Waals surface area (Å²) >= 11 is 0. The van der Waals surface area contributed by atoms with Crippen LogP contribution in [0, 0.1) is 22.7 Å². The average molecular weight is 295 g/mol. The monoisotopic (exact) mass is 295 g/mol. The Morgan fingerprint density at radius 2 is 1.64 bits per heavy atom. The fraction of sp³-hybridized carbons (Fsp3) is 0.412. The molecule has 0 bridgehead atoms. The van der Waals surface area contributed by atoms with Crippen LogP contribution in [0.15, 0.2) is 30.8 Å². The van der Waals surface area contributed by atoms with Crippen molar-refractivity contribution in [2.45, 2.75) is 45.1 Å². The lowest BCUT2D eigenvalue weighted by molar-refractivity contribution is 0.646. The molecule has 0 saturated carbocycles. The normalized spacial score (nSPS) is 13.0. The standard InChI is InChI=1S/C17H19N5/c1-16(2,9-18)14-5-13(8-22-12-20-11-21-22)6-15(7-14)17(3,4)10-19/h5-7,11-12H,8H2,1-4H3/i11D,12D. The summed E-state index contributed by atoms with van der Waals surface area (Å²) in [6.07, 6.45) is -0.294. The van der Waals surface area contributed by atoms with Crippen molar-refractivity contribution in [1.29, 1.82) is 10.5 Å². The second kappa shape index (κ2) is 5.61. The van der Waals surface area contributed by atoms with E-state index in [2.05, 4.69) is 22.2 Å². The zero-order chi connectivity index (χ0) is 18.1. The molecule has 1 aromatic carbocycles. The molecule has 0 aliphatic heterocycles. The lowest BCUT2D eigenvalue weighted by Gasteiger charge is -2.23. The fourth-order valence-electron chi connectivity index (χ4n) is 2.06. The molecule has 0 fully saturated rings. The first-order chi connectivity index (χ1) is 11.1. The molecule has 0 atom stereocenters. The average Bonchev–Trinajstić information content (AvgIpc) is 2.84. The molecule has 0 radical (unpaired) electrons. The second-order valence-corrected chi connectivity index (χ2v) is 6.36. The van der Waals surface area contributed by atoms with Crippen LogP contribution in [-0.2, 0) is 17.4 Å². The number of rotatable bonds is 4. The molecule has 0 amide bonds. The Hall–Kier alpha value is -2.66. The largest absolute Gasteiger partial charge is 0.249 e. The van der Waals surface area contributed by atoms with E-state index in [-0.39, 0.29) is 19.2 Å². The van der Waals surface area contributed by atoms with Crippen LogP contribution in [0.1, 0.15) is 47.1 Å². The number of nitrogens with zero attached hydrogens (tertiary/aromatic N) is 5. The third kappa shape index (κ3) is 3.15. The minimum absolute atomic E-state index is 0.0916. The van der Waals surface area contributed by atoms with Gasteiger partial charge in [-0.3, -0.25) is 0 Å². The second-order valence-electron chi connectivity index (χ2n) is 6.36. The van der Waals surface area contributed by atoms with E-state index in [0.717, 1.165) is 16.7 Å². The minimum Gasteiger partial charge on any atom is -0.249 e. The van der Waals surface area contributed by atoms with E-state index in [0.29, 0.717) is 0 Å². The van der Waals surface area contributed by atoms with E-state index in [1.165, 1.54) is 4.68 Å². The number of aromatic nitrogens is 3. The Bertz CT molecular complexity index is 809. The van der Waals surface area contributed by atoms with E-state index in [1.54, 1.807) is 0 Å². The highest BCUT2D eigenvalue weighted by Crippen LogP contribution is 2.30. The van der Waals surface area contributed by atoms with Crippen LogP contribution in [0.5, 0.6) is 0 Å². The first-order valence-electron chi connectivity index (χ1n) is 7.94. The van der Waals surface area contributed by atoms with Gasteiger partial charge in [-0.15, -0.1) is 0 Å². The lowest BCUT2D eigenvalue weighted by atomic mass is 9.79. The summed E-state index contributed by atoms with van der Waals surface area (Å²) in [6.45, 7) is 7.55. The van der Waals surface area contributed by atoms with Crippen LogP contribution >= 0.6 is 0 Å². The Balaban J connectivity index is 2.57. The lowest BCUT2D eigenvalue weighted by Crippen LogP contribution is -2.20. The molecule has 1 heterocycles. The highest BCUT2D eigenvalue weighted by Gasteiger charge is 2.26. The van der Waals surface area contributed by atoms with Gasteiger partial charge in [0.25, 0.3) is 0 Å². The van der Waals surface area contributed by atoms with Crippen LogP contribution in [0.3, 0.4) is 0 Å². The van der Waals surface area contributed by atoms with Gasteiger partial charge in [-0.25, -0.2) is 9.67 Å². The molecule has 0 N–H and O–H groups in total. The van der Waals surface area contributed by atoms with Crippen LogP contribution in [-0.4, -0.2) is 14.8 Å². The molecule has 5 heteroatoms. The third-order valence-corrected chi connectivity index (χ3v) is 3.71. The van der Waals surface area contributed by atoms with Crippen molar-refractivity contribution in [2.24, 2.45) is 0 Å². The molecule has 2 aromatic rings. The Morgan fingerprint density at radius 1 is 1.09 bits per heavy atom. The van der Waals surface area contributed by atoms with Crippen molar-refractivity contribution < 1.29 is 2.74 Å². The van der Waals surface area contributed by atoms with E-state index in [1.807, 2.05) is 45.9 Å². The molecular weight excluding hydrogens is 274 g/mol. The highest BCUT2D eigenvalue weighted by molar-refractivity contribution is 5.42. The number of nitriles is 2. The molecule has 0 unspecified atom stereocenters. The zero-order valence-electron chi connectivity index (χ0n) is 15.2. The molecule has 22 heavy (non-hydrogen) atoms. The number of hydrogen-bond acceptors (Lipinski definition) is 4. The quantitative estimate of drug-likeness (QED) is 0.868. The van der Waals surface area contributed by atoms with Crippen LogP contribution < -0.4 is 0 Å². The van der Waals surface area contributed by atoms with Crippen molar-refractivity contribution in [3.8, 4) is 12.1 Å². The van der Waals surface area contributed by atoms with Gasteiger partial charge in [0, 0.05) is 0 Å². The Kier molecular flexibility index (Phi) is 3.33. The van der Waals surface area contributed by atoms with Crippen molar-refractivity contribution >= 4 is 0 Å². The van der Waals surface area contributed by atoms with Gasteiger partial charge in [0.2, 0.25) is 0 Å². The maximum atomic E-state index is 9.43. The summed E-state index contributed by atoms with van der Waals surface area (Å²) in [6, 6.07) is 10.2. The number of hydrogen-bond donors (Lipinski definition) is 0. The van der Waals surface area contributed by atoms with Crippen LogP contribution in [0.2, 0.25) is 0 Å². The molecule has 0 spiro atoms. The van der Waals surface area contributed by atoms with E-state index >= 15 is 0 Å². The van der Waals surface area contributed by atoms with Crippen molar-refractivity contribution in [2.75, 3.05) is 0 Å². The summed E-state index contributed by atoms with van der Waals surface area (Å²) in [7, 11) is 0. The van der Waals surface area contributed by atoms with Gasteiger partial charge in [-0.05, 0) is 44.4 Å². The summed E-state index contributed by atoms with van der Waals surface area (Å²) < 4.78 is 16.5. The van der Waals surface area contributed by atoms with E-state index in [4.69, 9.17) is 2.74 Å². The molecule has 0 aliphatic carbocycles. The molecule has 2 rings (SSSR count). The highest BCUT2D eigenvalue weighted by atomic mass is 15.3. The molecular formula is C17H19N5.